The van der Waals surface area contributed by atoms with Crippen molar-refractivity contribution in [2.45, 2.75) is 277 Å². The molecule has 0 N–H and O–H groups in total. The number of unbranched alkanes of at least 4 members (excludes halogenated alkanes) is 31. The Labute approximate surface area is 360 Å². The maximum Gasteiger partial charge on any atom is 0.306 e. The maximum absolute atomic E-state index is 12.8. The highest BCUT2D eigenvalue weighted by atomic mass is 16.6. The van der Waals surface area contributed by atoms with Gasteiger partial charge in [0.25, 0.3) is 0 Å². The molecule has 340 valence electrons. The van der Waals surface area contributed by atoms with Crippen LogP contribution in [0.3, 0.4) is 0 Å². The van der Waals surface area contributed by atoms with Crippen molar-refractivity contribution in [1.82, 2.24) is 0 Å². The minimum absolute atomic E-state index is 0.0749. The second-order valence-corrected chi connectivity index (χ2v) is 17.1. The summed E-state index contributed by atoms with van der Waals surface area (Å²) in [5.74, 6) is -0.881. The van der Waals surface area contributed by atoms with Gasteiger partial charge in [-0.1, -0.05) is 212 Å². The summed E-state index contributed by atoms with van der Waals surface area (Å²) < 4.78 is 16.8. The van der Waals surface area contributed by atoms with Crippen LogP contribution in [0.1, 0.15) is 271 Å². The highest BCUT2D eigenvalue weighted by Gasteiger charge is 2.19. The van der Waals surface area contributed by atoms with Gasteiger partial charge in [0, 0.05) is 19.3 Å². The first-order valence-electron chi connectivity index (χ1n) is 25.3. The third-order valence-corrected chi connectivity index (χ3v) is 11.2. The van der Waals surface area contributed by atoms with E-state index in [1.165, 1.54) is 161 Å². The summed E-state index contributed by atoms with van der Waals surface area (Å²) in [6.07, 6.45) is 53.0. The Morgan fingerprint density at radius 3 is 0.914 bits per heavy atom. The van der Waals surface area contributed by atoms with E-state index in [9.17, 15) is 14.4 Å². The van der Waals surface area contributed by atoms with Crippen LogP contribution >= 0.6 is 0 Å². The van der Waals surface area contributed by atoms with Crippen LogP contribution in [0, 0.1) is 0 Å². The second-order valence-electron chi connectivity index (χ2n) is 17.1. The molecule has 0 bridgehead atoms. The number of carbonyl (C=O) groups excluding carboxylic acids is 3. The summed E-state index contributed by atoms with van der Waals surface area (Å²) in [5.41, 5.74) is 0. The molecule has 0 amide bonds. The van der Waals surface area contributed by atoms with Crippen molar-refractivity contribution in [3.63, 3.8) is 0 Å². The number of allylic oxidation sites excluding steroid dienone is 4. The molecule has 0 heterocycles. The van der Waals surface area contributed by atoms with E-state index in [0.29, 0.717) is 19.3 Å². The van der Waals surface area contributed by atoms with E-state index in [0.717, 1.165) is 70.6 Å². The molecule has 0 unspecified atom stereocenters. The molecule has 0 aromatic rings. The van der Waals surface area contributed by atoms with E-state index in [4.69, 9.17) is 14.2 Å². The topological polar surface area (TPSA) is 78.9 Å². The van der Waals surface area contributed by atoms with E-state index in [1.54, 1.807) is 0 Å². The molecule has 6 heteroatoms. The zero-order chi connectivity index (χ0) is 42.3. The monoisotopic (exact) mass is 817 g/mol. The molecule has 0 saturated heterocycles. The van der Waals surface area contributed by atoms with Crippen molar-refractivity contribution >= 4 is 17.9 Å². The van der Waals surface area contributed by atoms with E-state index >= 15 is 0 Å². The lowest BCUT2D eigenvalue weighted by Gasteiger charge is -2.18. The fourth-order valence-corrected chi connectivity index (χ4v) is 7.30. The largest absolute Gasteiger partial charge is 0.462 e. The van der Waals surface area contributed by atoms with Crippen LogP contribution in [0.2, 0.25) is 0 Å². The lowest BCUT2D eigenvalue weighted by molar-refractivity contribution is -0.167. The second kappa shape index (κ2) is 47.6. The zero-order valence-corrected chi connectivity index (χ0v) is 38.8. The van der Waals surface area contributed by atoms with Crippen LogP contribution in [0.4, 0.5) is 0 Å². The molecule has 1 atom stereocenters. The number of hydrogen-bond acceptors (Lipinski definition) is 6. The van der Waals surface area contributed by atoms with Gasteiger partial charge in [-0.15, -0.1) is 0 Å². The Hall–Kier alpha value is -2.11. The fourth-order valence-electron chi connectivity index (χ4n) is 7.30. The summed E-state index contributed by atoms with van der Waals surface area (Å²) in [7, 11) is 0. The van der Waals surface area contributed by atoms with Gasteiger partial charge in [-0.25, -0.2) is 0 Å². The average molecular weight is 817 g/mol. The summed E-state index contributed by atoms with van der Waals surface area (Å²) in [5, 5.41) is 0. The molecule has 6 nitrogen and oxygen atoms in total. The number of hydrogen-bond donors (Lipinski definition) is 0. The average Bonchev–Trinajstić information content (AvgIpc) is 3.22. The molecular weight excluding hydrogens is 721 g/mol. The molecule has 0 rings (SSSR count). The standard InChI is InChI=1S/C52H96O6/c1-4-7-10-13-16-19-22-24-25-26-28-30-33-36-39-42-45-51(54)57-48-49(47-56-50(53)44-41-38-35-32-29-21-18-15-12-9-6-3)58-52(55)46-43-40-37-34-31-27-23-20-17-14-11-8-5-2/h15,18,25-26,49H,4-14,16-17,19-24,27-48H2,1-3H3/b18-15-,26-25-/t49-/m1/s1. The quantitative estimate of drug-likeness (QED) is 0.0263. The SMILES string of the molecule is CCCC/C=C\CCCCCCCC(=O)OC[C@H](COC(=O)CCCCCCC/C=C\CCCCCCCCC)OC(=O)CCCCCCCCCCCCCCC. The molecule has 0 aromatic carbocycles. The predicted molar refractivity (Wildman–Crippen MR) is 247 cm³/mol. The van der Waals surface area contributed by atoms with Crippen molar-refractivity contribution in [3.8, 4) is 0 Å². The molecule has 0 fully saturated rings. The Morgan fingerprint density at radius 2 is 0.586 bits per heavy atom. The first-order valence-corrected chi connectivity index (χ1v) is 25.3. The Morgan fingerprint density at radius 1 is 0.328 bits per heavy atom. The van der Waals surface area contributed by atoms with Gasteiger partial charge in [0.2, 0.25) is 0 Å². The zero-order valence-electron chi connectivity index (χ0n) is 38.8. The third-order valence-electron chi connectivity index (χ3n) is 11.2. The van der Waals surface area contributed by atoms with Gasteiger partial charge in [0.15, 0.2) is 6.10 Å². The highest BCUT2D eigenvalue weighted by molar-refractivity contribution is 5.71. The van der Waals surface area contributed by atoms with Gasteiger partial charge in [0.1, 0.15) is 13.2 Å². The molecule has 0 spiro atoms. The van der Waals surface area contributed by atoms with Gasteiger partial charge in [-0.2, -0.15) is 0 Å². The van der Waals surface area contributed by atoms with Gasteiger partial charge >= 0.3 is 17.9 Å². The third kappa shape index (κ3) is 45.0. The molecule has 0 saturated carbocycles. The number of carbonyl (C=O) groups is 3. The van der Waals surface area contributed by atoms with Crippen LogP contribution in [-0.2, 0) is 28.6 Å². The van der Waals surface area contributed by atoms with E-state index < -0.39 is 6.10 Å². The van der Waals surface area contributed by atoms with Crippen molar-refractivity contribution in [1.29, 1.82) is 0 Å². The summed E-state index contributed by atoms with van der Waals surface area (Å²) in [6.45, 7) is 6.60. The van der Waals surface area contributed by atoms with E-state index in [-0.39, 0.29) is 31.1 Å². The van der Waals surface area contributed by atoms with Crippen LogP contribution in [0.5, 0.6) is 0 Å². The molecule has 58 heavy (non-hydrogen) atoms. The first kappa shape index (κ1) is 55.9. The minimum atomic E-state index is -0.772. The van der Waals surface area contributed by atoms with Crippen LogP contribution in [-0.4, -0.2) is 37.2 Å². The van der Waals surface area contributed by atoms with Crippen LogP contribution in [0.25, 0.3) is 0 Å². The smallest absolute Gasteiger partial charge is 0.306 e. The Kier molecular flexibility index (Phi) is 45.8. The van der Waals surface area contributed by atoms with E-state index in [1.807, 2.05) is 0 Å². The number of rotatable bonds is 46. The van der Waals surface area contributed by atoms with Crippen molar-refractivity contribution < 1.29 is 28.6 Å². The first-order chi connectivity index (χ1) is 28.5. The summed E-state index contributed by atoms with van der Waals surface area (Å²) >= 11 is 0. The number of ether oxygens (including phenoxy) is 3. The predicted octanol–water partition coefficient (Wildman–Crippen LogP) is 16.4. The normalized spacial score (nSPS) is 12.1. The summed E-state index contributed by atoms with van der Waals surface area (Å²) in [6, 6.07) is 0. The molecular formula is C52H96O6. The van der Waals surface area contributed by atoms with Crippen molar-refractivity contribution in [2.75, 3.05) is 13.2 Å². The fraction of sp³-hybridized carbons (Fsp3) is 0.865. The highest BCUT2D eigenvalue weighted by Crippen LogP contribution is 2.15. The molecule has 0 aliphatic rings. The molecule has 0 aromatic heterocycles. The van der Waals surface area contributed by atoms with Crippen molar-refractivity contribution in [2.24, 2.45) is 0 Å². The van der Waals surface area contributed by atoms with Gasteiger partial charge in [-0.05, 0) is 64.2 Å². The van der Waals surface area contributed by atoms with Gasteiger partial charge < -0.3 is 14.2 Å². The van der Waals surface area contributed by atoms with Gasteiger partial charge in [0.05, 0.1) is 0 Å². The van der Waals surface area contributed by atoms with Gasteiger partial charge in [-0.3, -0.25) is 14.4 Å². The lowest BCUT2D eigenvalue weighted by atomic mass is 10.0. The van der Waals surface area contributed by atoms with Crippen LogP contribution < -0.4 is 0 Å². The van der Waals surface area contributed by atoms with Crippen molar-refractivity contribution in [3.05, 3.63) is 24.3 Å². The Bertz CT molecular complexity index is 942. The van der Waals surface area contributed by atoms with Crippen LogP contribution in [0.15, 0.2) is 24.3 Å². The molecule has 0 radical (unpaired) electrons. The molecule has 0 aliphatic heterocycles. The minimum Gasteiger partial charge on any atom is -0.462 e. The maximum atomic E-state index is 12.8. The lowest BCUT2D eigenvalue weighted by Crippen LogP contribution is -2.30. The summed E-state index contributed by atoms with van der Waals surface area (Å²) in [4.78, 5) is 37.9. The van der Waals surface area contributed by atoms with E-state index in [2.05, 4.69) is 45.1 Å². The number of esters is 3. The molecule has 0 aliphatic carbocycles. The Balaban J connectivity index is 4.34.